The molecule has 0 aliphatic heterocycles. The quantitative estimate of drug-likeness (QED) is 0.403. The van der Waals surface area contributed by atoms with Gasteiger partial charge in [0.05, 0.1) is 6.20 Å². The maximum Gasteiger partial charge on any atom is 0.395 e. The van der Waals surface area contributed by atoms with Gasteiger partial charge in [0.2, 0.25) is 5.15 Å². The molecule has 0 spiro atoms. The SMILES string of the molecule is Clc1cc[nH+]c(Cl)n1. The van der Waals surface area contributed by atoms with Crippen molar-refractivity contribution in [2.75, 3.05) is 0 Å². The second-order valence-electron chi connectivity index (χ2n) is 1.20. The minimum Gasteiger partial charge on any atom is -0.233 e. The van der Waals surface area contributed by atoms with E-state index in [0.29, 0.717) is 10.4 Å². The summed E-state index contributed by atoms with van der Waals surface area (Å²) in [5.74, 6) is 0. The molecule has 0 bridgehead atoms. The second-order valence-corrected chi connectivity index (χ2v) is 1.95. The van der Waals surface area contributed by atoms with E-state index < -0.39 is 0 Å². The van der Waals surface area contributed by atoms with E-state index in [9.17, 15) is 0 Å². The minimum atomic E-state index is 0.303. The zero-order chi connectivity index (χ0) is 5.98. The lowest BCUT2D eigenvalue weighted by Crippen LogP contribution is -2.03. The maximum atomic E-state index is 5.43. The van der Waals surface area contributed by atoms with Gasteiger partial charge in [-0.3, -0.25) is 0 Å². The van der Waals surface area contributed by atoms with Gasteiger partial charge in [0.25, 0.3) is 0 Å². The number of halogens is 2. The Labute approximate surface area is 56.5 Å². The molecule has 1 heterocycles. The Kier molecular flexibility index (Phi) is 1.65. The van der Waals surface area contributed by atoms with Crippen LogP contribution in [0.4, 0.5) is 0 Å². The molecule has 0 aromatic carbocycles. The van der Waals surface area contributed by atoms with Crippen molar-refractivity contribution in [1.82, 2.24) is 4.98 Å². The number of H-pyrrole nitrogens is 1. The lowest BCUT2D eigenvalue weighted by Gasteiger charge is -1.75. The zero-order valence-electron chi connectivity index (χ0n) is 3.86. The molecule has 1 aromatic heterocycles. The van der Waals surface area contributed by atoms with Crippen molar-refractivity contribution in [3.05, 3.63) is 22.7 Å². The molecular formula is C4H3Cl2N2+. The molecule has 0 aliphatic carbocycles. The number of nitrogens with one attached hydrogen (secondary N) is 1. The number of aromatic amines is 1. The van der Waals surface area contributed by atoms with Gasteiger partial charge < -0.3 is 0 Å². The summed E-state index contributed by atoms with van der Waals surface area (Å²) in [5.41, 5.74) is 0. The van der Waals surface area contributed by atoms with Crippen LogP contribution in [0.3, 0.4) is 0 Å². The van der Waals surface area contributed by atoms with Gasteiger partial charge in [-0.1, -0.05) is 0 Å². The first-order chi connectivity index (χ1) is 3.79. The van der Waals surface area contributed by atoms with Crippen molar-refractivity contribution >= 4 is 23.2 Å². The molecule has 4 heteroatoms. The van der Waals surface area contributed by atoms with Gasteiger partial charge in [-0.05, 0) is 16.6 Å². The van der Waals surface area contributed by atoms with E-state index in [1.54, 1.807) is 12.3 Å². The fraction of sp³-hybridized carbons (Fsp3) is 0. The van der Waals surface area contributed by atoms with E-state index in [4.69, 9.17) is 23.2 Å². The van der Waals surface area contributed by atoms with E-state index >= 15 is 0 Å². The first-order valence-electron chi connectivity index (χ1n) is 1.99. The lowest BCUT2D eigenvalue weighted by molar-refractivity contribution is -0.380. The monoisotopic (exact) mass is 149 g/mol. The molecule has 0 fully saturated rings. The van der Waals surface area contributed by atoms with Crippen LogP contribution in [0.15, 0.2) is 12.3 Å². The van der Waals surface area contributed by atoms with Crippen molar-refractivity contribution in [3.63, 3.8) is 0 Å². The molecule has 0 aliphatic rings. The van der Waals surface area contributed by atoms with Gasteiger partial charge in [0, 0.05) is 17.7 Å². The van der Waals surface area contributed by atoms with Gasteiger partial charge >= 0.3 is 5.28 Å². The van der Waals surface area contributed by atoms with Crippen LogP contribution >= 0.6 is 23.2 Å². The van der Waals surface area contributed by atoms with Crippen LogP contribution in [-0.4, -0.2) is 4.98 Å². The molecule has 1 rings (SSSR count). The van der Waals surface area contributed by atoms with Crippen LogP contribution in [0, 0.1) is 0 Å². The predicted octanol–water partition coefficient (Wildman–Crippen LogP) is 1.20. The molecular weight excluding hydrogens is 147 g/mol. The topological polar surface area (TPSA) is 27.0 Å². The minimum absolute atomic E-state index is 0.303. The first-order valence-corrected chi connectivity index (χ1v) is 2.74. The van der Waals surface area contributed by atoms with Crippen molar-refractivity contribution in [2.45, 2.75) is 0 Å². The van der Waals surface area contributed by atoms with Crippen molar-refractivity contribution in [3.8, 4) is 0 Å². The van der Waals surface area contributed by atoms with Gasteiger partial charge in [0.15, 0.2) is 0 Å². The predicted molar refractivity (Wildman–Crippen MR) is 30.8 cm³/mol. The summed E-state index contributed by atoms with van der Waals surface area (Å²) in [6, 6.07) is 1.62. The molecule has 0 saturated heterocycles. The van der Waals surface area contributed by atoms with Crippen LogP contribution in [0.5, 0.6) is 0 Å². The third-order valence-electron chi connectivity index (χ3n) is 0.628. The summed E-state index contributed by atoms with van der Waals surface area (Å²) in [6.07, 6.45) is 1.62. The van der Waals surface area contributed by atoms with Crippen molar-refractivity contribution in [2.24, 2.45) is 0 Å². The lowest BCUT2D eigenvalue weighted by atomic mass is 10.7. The maximum absolute atomic E-state index is 5.43. The van der Waals surface area contributed by atoms with E-state index in [1.165, 1.54) is 0 Å². The summed E-state index contributed by atoms with van der Waals surface area (Å²) in [4.78, 5) is 6.29. The molecule has 8 heavy (non-hydrogen) atoms. The molecule has 0 saturated carbocycles. The average molecular weight is 150 g/mol. The second kappa shape index (κ2) is 2.29. The van der Waals surface area contributed by atoms with Crippen LogP contribution in [0.2, 0.25) is 10.4 Å². The summed E-state index contributed by atoms with van der Waals surface area (Å²) in [5, 5.41) is 0.700. The van der Waals surface area contributed by atoms with Crippen molar-refractivity contribution < 1.29 is 4.98 Å². The Morgan fingerprint density at radius 1 is 1.50 bits per heavy atom. The van der Waals surface area contributed by atoms with E-state index in [1.807, 2.05) is 0 Å². The Morgan fingerprint density at radius 2 is 2.25 bits per heavy atom. The van der Waals surface area contributed by atoms with Gasteiger partial charge in [-0.15, -0.1) is 0 Å². The number of aromatic nitrogens is 2. The van der Waals surface area contributed by atoms with E-state index in [-0.39, 0.29) is 0 Å². The molecule has 0 unspecified atom stereocenters. The molecule has 0 radical (unpaired) electrons. The molecule has 1 N–H and O–H groups in total. The molecule has 42 valence electrons. The summed E-state index contributed by atoms with van der Waals surface area (Å²) in [6.45, 7) is 0. The van der Waals surface area contributed by atoms with E-state index in [2.05, 4.69) is 9.97 Å². The third-order valence-corrected chi connectivity index (χ3v) is 1.03. The fourth-order valence-corrected chi connectivity index (χ4v) is 0.687. The molecule has 0 amide bonds. The van der Waals surface area contributed by atoms with Gasteiger partial charge in [-0.2, -0.15) is 0 Å². The molecule has 2 nitrogen and oxygen atoms in total. The Hall–Kier alpha value is -0.340. The Balaban J connectivity index is 3.08. The Bertz CT molecular complexity index is 172. The largest absolute Gasteiger partial charge is 0.395 e. The van der Waals surface area contributed by atoms with Crippen molar-refractivity contribution in [1.29, 1.82) is 0 Å². The smallest absolute Gasteiger partial charge is 0.233 e. The highest BCUT2D eigenvalue weighted by atomic mass is 35.5. The Morgan fingerprint density at radius 3 is 2.62 bits per heavy atom. The highest BCUT2D eigenvalue weighted by Crippen LogP contribution is 2.01. The number of hydrogen-bond donors (Lipinski definition) is 0. The zero-order valence-corrected chi connectivity index (χ0v) is 5.37. The number of rotatable bonds is 0. The standard InChI is InChI=1S/C4H2Cl2N2/c5-3-1-2-7-4(6)8-3/h1-2H/p+1. The van der Waals surface area contributed by atoms with Gasteiger partial charge in [0.1, 0.15) is 0 Å². The van der Waals surface area contributed by atoms with E-state index in [0.717, 1.165) is 0 Å². The third kappa shape index (κ3) is 1.32. The van der Waals surface area contributed by atoms with Crippen LogP contribution in [0.25, 0.3) is 0 Å². The normalized spacial score (nSPS) is 9.25. The summed E-state index contributed by atoms with van der Waals surface area (Å²) >= 11 is 10.8. The summed E-state index contributed by atoms with van der Waals surface area (Å²) < 4.78 is 0. The number of hydrogen-bond acceptors (Lipinski definition) is 1. The van der Waals surface area contributed by atoms with Crippen LogP contribution in [-0.2, 0) is 0 Å². The van der Waals surface area contributed by atoms with Crippen LogP contribution < -0.4 is 4.98 Å². The van der Waals surface area contributed by atoms with Gasteiger partial charge in [-0.25, -0.2) is 4.98 Å². The molecule has 1 aromatic rings. The first kappa shape index (κ1) is 5.79. The highest BCUT2D eigenvalue weighted by molar-refractivity contribution is 6.31. The highest BCUT2D eigenvalue weighted by Gasteiger charge is 1.99. The van der Waals surface area contributed by atoms with Crippen LogP contribution in [0.1, 0.15) is 0 Å². The molecule has 0 atom stereocenters. The number of nitrogens with zero attached hydrogens (tertiary/aromatic N) is 1. The average Bonchev–Trinajstić information content (AvgIpc) is 1.64. The fourth-order valence-electron chi connectivity index (χ4n) is 0.343. The summed E-state index contributed by atoms with van der Waals surface area (Å²) in [7, 11) is 0.